The van der Waals surface area contributed by atoms with Gasteiger partial charge in [-0.1, -0.05) is 97.1 Å². The van der Waals surface area contributed by atoms with E-state index in [4.69, 9.17) is 9.47 Å². The Labute approximate surface area is 321 Å². The van der Waals surface area contributed by atoms with Crippen LogP contribution in [0.4, 0.5) is 16.2 Å². The molecule has 0 fully saturated rings. The fraction of sp³-hybridized carbons (Fsp3) is 0.238. The van der Waals surface area contributed by atoms with Crippen molar-refractivity contribution in [3.8, 4) is 16.9 Å². The van der Waals surface area contributed by atoms with E-state index in [1.54, 1.807) is 45.0 Å². The van der Waals surface area contributed by atoms with E-state index in [0.717, 1.165) is 34.7 Å². The first-order chi connectivity index (χ1) is 26.3. The van der Waals surface area contributed by atoms with Gasteiger partial charge in [-0.25, -0.2) is 17.9 Å². The molecule has 0 saturated carbocycles. The van der Waals surface area contributed by atoms with E-state index in [1.165, 1.54) is 12.1 Å². The Balaban J connectivity index is 1.24. The molecule has 0 unspecified atom stereocenters. The SMILES string of the molecule is CC(C)(C)NC(=O)O[C@@H](Cc1ccc(OCc2ccc(-c3ccccc3)cc2)cc1)C(=O)NS(=O)(=O)c1ccc(NCCCc2ccccc2)c([N+](=O)[O-])c1. The van der Waals surface area contributed by atoms with Crippen molar-refractivity contribution in [2.24, 2.45) is 0 Å². The molecule has 3 N–H and O–H groups in total. The highest BCUT2D eigenvalue weighted by molar-refractivity contribution is 7.90. The maximum atomic E-state index is 13.5. The van der Waals surface area contributed by atoms with Gasteiger partial charge in [0.05, 0.1) is 9.82 Å². The second-order valence-corrected chi connectivity index (χ2v) is 15.6. The molecule has 0 saturated heterocycles. The van der Waals surface area contributed by atoms with E-state index in [9.17, 15) is 28.1 Å². The van der Waals surface area contributed by atoms with Crippen LogP contribution in [0.15, 0.2) is 132 Å². The molecule has 286 valence electrons. The molecule has 0 aromatic heterocycles. The van der Waals surface area contributed by atoms with Crippen LogP contribution < -0.4 is 20.1 Å². The van der Waals surface area contributed by atoms with Gasteiger partial charge in [0.25, 0.3) is 21.6 Å². The fourth-order valence-corrected chi connectivity index (χ4v) is 6.60. The number of ether oxygens (including phenoxy) is 2. The summed E-state index contributed by atoms with van der Waals surface area (Å²) in [5.74, 6) is -0.573. The van der Waals surface area contributed by atoms with Crippen LogP contribution in [0.25, 0.3) is 11.1 Å². The monoisotopic (exact) mass is 764 g/mol. The van der Waals surface area contributed by atoms with Gasteiger partial charge in [-0.05, 0) is 85.7 Å². The summed E-state index contributed by atoms with van der Waals surface area (Å²) in [6.45, 7) is 5.89. The average molecular weight is 765 g/mol. The highest BCUT2D eigenvalue weighted by Crippen LogP contribution is 2.28. The maximum absolute atomic E-state index is 13.5. The Morgan fingerprint density at radius 2 is 1.40 bits per heavy atom. The van der Waals surface area contributed by atoms with Gasteiger partial charge in [-0.3, -0.25) is 14.9 Å². The smallest absolute Gasteiger partial charge is 0.408 e. The second-order valence-electron chi connectivity index (χ2n) is 13.9. The highest BCUT2D eigenvalue weighted by atomic mass is 32.2. The standard InChI is InChI=1S/C42H44N4O8S/c1-42(2,3)44-41(48)54-39(27-31-18-22-35(23-19-31)53-29-32-16-20-34(21-17-32)33-14-8-5-9-15-33)40(47)45-55(51,52)36-24-25-37(38(28-36)46(49)50)43-26-10-13-30-11-6-4-7-12-30/h4-9,11-12,14-25,28,39,43H,10,13,26-27,29H2,1-3H3,(H,44,48)(H,45,47)/t39-/m0/s1. The molecule has 0 aliphatic carbocycles. The molecule has 2 amide bonds. The molecule has 0 bridgehead atoms. The number of rotatable bonds is 16. The Kier molecular flexibility index (Phi) is 13.2. The molecule has 12 nitrogen and oxygen atoms in total. The third-order valence-electron chi connectivity index (χ3n) is 8.34. The Bertz CT molecular complexity index is 2170. The van der Waals surface area contributed by atoms with Gasteiger partial charge < -0.3 is 20.1 Å². The minimum atomic E-state index is -4.62. The maximum Gasteiger partial charge on any atom is 0.408 e. The summed E-state index contributed by atoms with van der Waals surface area (Å²) in [6, 6.07) is 37.9. The van der Waals surface area contributed by atoms with Crippen LogP contribution in [0.5, 0.6) is 5.75 Å². The molecule has 0 aliphatic rings. The van der Waals surface area contributed by atoms with Crippen molar-refractivity contribution in [3.05, 3.63) is 154 Å². The van der Waals surface area contributed by atoms with E-state index >= 15 is 0 Å². The minimum Gasteiger partial charge on any atom is -0.489 e. The number of hydrogen-bond acceptors (Lipinski definition) is 9. The Morgan fingerprint density at radius 1 is 0.782 bits per heavy atom. The average Bonchev–Trinajstić information content (AvgIpc) is 3.16. The molecule has 0 spiro atoms. The first-order valence-electron chi connectivity index (χ1n) is 17.7. The first-order valence-corrected chi connectivity index (χ1v) is 19.2. The van der Waals surface area contributed by atoms with E-state index in [1.807, 2.05) is 89.7 Å². The quantitative estimate of drug-likeness (QED) is 0.0516. The molecule has 0 aliphatic heterocycles. The number of nitro benzene ring substituents is 1. The predicted molar refractivity (Wildman–Crippen MR) is 211 cm³/mol. The number of carbonyl (C=O) groups excluding carboxylic acids is 2. The van der Waals surface area contributed by atoms with Gasteiger partial charge >= 0.3 is 6.09 Å². The lowest BCUT2D eigenvalue weighted by Crippen LogP contribution is -2.47. The van der Waals surface area contributed by atoms with Crippen LogP contribution in [0, 0.1) is 10.1 Å². The molecule has 13 heteroatoms. The zero-order valence-corrected chi connectivity index (χ0v) is 31.7. The normalized spacial score (nSPS) is 11.9. The number of anilines is 1. The van der Waals surface area contributed by atoms with Gasteiger partial charge in [0.2, 0.25) is 0 Å². The first kappa shape index (κ1) is 40.0. The zero-order valence-electron chi connectivity index (χ0n) is 30.9. The number of sulfonamides is 1. The summed E-state index contributed by atoms with van der Waals surface area (Å²) < 4.78 is 40.1. The molecule has 55 heavy (non-hydrogen) atoms. The summed E-state index contributed by atoms with van der Waals surface area (Å²) in [4.78, 5) is 37.0. The number of hydrogen-bond donors (Lipinski definition) is 3. The highest BCUT2D eigenvalue weighted by Gasteiger charge is 2.30. The summed E-state index contributed by atoms with van der Waals surface area (Å²) >= 11 is 0. The Morgan fingerprint density at radius 3 is 2.04 bits per heavy atom. The zero-order chi connectivity index (χ0) is 39.4. The lowest BCUT2D eigenvalue weighted by Gasteiger charge is -2.23. The van der Waals surface area contributed by atoms with Crippen molar-refractivity contribution in [3.63, 3.8) is 0 Å². The topological polar surface area (TPSA) is 166 Å². The van der Waals surface area contributed by atoms with E-state index in [2.05, 4.69) is 10.6 Å². The molecule has 5 aromatic rings. The van der Waals surface area contributed by atoms with Crippen molar-refractivity contribution < 1.29 is 32.4 Å². The number of carbonyl (C=O) groups is 2. The molecular weight excluding hydrogens is 721 g/mol. The van der Waals surface area contributed by atoms with Crippen LogP contribution >= 0.6 is 0 Å². The second kappa shape index (κ2) is 18.2. The minimum absolute atomic E-state index is 0.136. The van der Waals surface area contributed by atoms with Gasteiger partial charge in [-0.15, -0.1) is 0 Å². The third kappa shape index (κ3) is 12.2. The summed E-state index contributed by atoms with van der Waals surface area (Å²) in [7, 11) is -4.62. The lowest BCUT2D eigenvalue weighted by atomic mass is 10.0. The fourth-order valence-electron chi connectivity index (χ4n) is 5.58. The van der Waals surface area contributed by atoms with Crippen molar-refractivity contribution >= 4 is 33.4 Å². The van der Waals surface area contributed by atoms with Crippen LogP contribution in [0.1, 0.15) is 43.9 Å². The summed E-state index contributed by atoms with van der Waals surface area (Å²) in [5.41, 5.74) is 3.81. The van der Waals surface area contributed by atoms with E-state index in [-0.39, 0.29) is 12.1 Å². The van der Waals surface area contributed by atoms with Crippen molar-refractivity contribution in [1.82, 2.24) is 10.0 Å². The number of nitrogens with one attached hydrogen (secondary N) is 3. The Hall–Kier alpha value is -6.21. The molecule has 5 aromatic carbocycles. The number of nitro groups is 1. The number of nitrogens with zero attached hydrogens (tertiary/aromatic N) is 1. The number of alkyl carbamates (subject to hydrolysis) is 1. The van der Waals surface area contributed by atoms with Crippen LogP contribution in [0.2, 0.25) is 0 Å². The van der Waals surface area contributed by atoms with Gasteiger partial charge in [0, 0.05) is 24.6 Å². The molecule has 0 heterocycles. The lowest BCUT2D eigenvalue weighted by molar-refractivity contribution is -0.384. The molecule has 5 rings (SSSR count). The van der Waals surface area contributed by atoms with Gasteiger partial charge in [0.1, 0.15) is 18.0 Å². The van der Waals surface area contributed by atoms with E-state index in [0.29, 0.717) is 30.9 Å². The number of benzene rings is 5. The molecular formula is C42H44N4O8S. The number of aryl methyl sites for hydroxylation is 1. The van der Waals surface area contributed by atoms with Crippen LogP contribution in [-0.2, 0) is 39.0 Å². The predicted octanol–water partition coefficient (Wildman–Crippen LogP) is 7.83. The molecule has 0 radical (unpaired) electrons. The van der Waals surface area contributed by atoms with Gasteiger partial charge in [-0.2, -0.15) is 0 Å². The van der Waals surface area contributed by atoms with Crippen LogP contribution in [0.3, 0.4) is 0 Å². The third-order valence-corrected chi connectivity index (χ3v) is 9.69. The number of amides is 2. The molecule has 1 atom stereocenters. The van der Waals surface area contributed by atoms with Crippen LogP contribution in [-0.4, -0.2) is 43.5 Å². The van der Waals surface area contributed by atoms with Crippen molar-refractivity contribution in [2.45, 2.75) is 63.2 Å². The van der Waals surface area contributed by atoms with Gasteiger partial charge in [0.15, 0.2) is 6.10 Å². The van der Waals surface area contributed by atoms with Crippen molar-refractivity contribution in [1.29, 1.82) is 0 Å². The van der Waals surface area contributed by atoms with E-state index < -0.39 is 49.2 Å². The summed E-state index contributed by atoms with van der Waals surface area (Å²) in [6.07, 6.45) is -1.25. The largest absolute Gasteiger partial charge is 0.489 e. The summed E-state index contributed by atoms with van der Waals surface area (Å²) in [5, 5.41) is 17.5. The van der Waals surface area contributed by atoms with Crippen molar-refractivity contribution in [2.75, 3.05) is 11.9 Å².